The molecule has 116 valence electrons. The summed E-state index contributed by atoms with van der Waals surface area (Å²) in [6.45, 7) is 0.861. The second-order valence-corrected chi connectivity index (χ2v) is 5.91. The Morgan fingerprint density at radius 1 is 1.30 bits per heavy atom. The second-order valence-electron chi connectivity index (χ2n) is 5.07. The van der Waals surface area contributed by atoms with Gasteiger partial charge in [0.05, 0.1) is 35.3 Å². The van der Waals surface area contributed by atoms with Crippen LogP contribution in [0.2, 0.25) is 10.0 Å². The van der Waals surface area contributed by atoms with Crippen molar-refractivity contribution in [3.8, 4) is 11.9 Å². The highest BCUT2D eigenvalue weighted by molar-refractivity contribution is 6.35. The molecule has 3 rings (SSSR count). The Hall–Kier alpha value is -2.29. The van der Waals surface area contributed by atoms with Crippen LogP contribution in [0.15, 0.2) is 36.5 Å². The Bertz CT molecular complexity index is 798. The number of pyridine rings is 1. The minimum Gasteiger partial charge on any atom is -0.471 e. The van der Waals surface area contributed by atoms with E-state index in [0.29, 0.717) is 40.1 Å². The van der Waals surface area contributed by atoms with E-state index in [1.165, 1.54) is 6.20 Å². The summed E-state index contributed by atoms with van der Waals surface area (Å²) in [6, 6.07) is 9.98. The summed E-state index contributed by atoms with van der Waals surface area (Å²) in [5.74, 6) is 0.193. The lowest BCUT2D eigenvalue weighted by atomic mass is 10.1. The number of ether oxygens (including phenoxy) is 1. The number of nitriles is 1. The Kier molecular flexibility index (Phi) is 4.37. The van der Waals surface area contributed by atoms with E-state index in [0.717, 1.165) is 0 Å². The van der Waals surface area contributed by atoms with Crippen molar-refractivity contribution in [1.82, 2.24) is 9.88 Å². The van der Waals surface area contributed by atoms with Crippen molar-refractivity contribution in [3.05, 3.63) is 57.7 Å². The molecule has 0 unspecified atom stereocenters. The van der Waals surface area contributed by atoms with E-state index in [1.54, 1.807) is 35.2 Å². The van der Waals surface area contributed by atoms with Gasteiger partial charge >= 0.3 is 0 Å². The van der Waals surface area contributed by atoms with Gasteiger partial charge in [0.2, 0.25) is 5.88 Å². The number of benzene rings is 1. The standard InChI is InChI=1S/C16H11Cl2N3O2/c17-11-1-2-14(18)13(6-11)16(22)21-8-12(9-21)23-15-5-10(7-19)3-4-20-15/h1-6,12H,8-9H2. The van der Waals surface area contributed by atoms with Crippen LogP contribution in [0.1, 0.15) is 15.9 Å². The molecule has 2 aromatic rings. The van der Waals surface area contributed by atoms with Crippen molar-refractivity contribution < 1.29 is 9.53 Å². The van der Waals surface area contributed by atoms with Crippen molar-refractivity contribution in [1.29, 1.82) is 5.26 Å². The van der Waals surface area contributed by atoms with E-state index in [2.05, 4.69) is 4.98 Å². The second kappa shape index (κ2) is 6.45. The third-order valence-electron chi connectivity index (χ3n) is 3.45. The monoisotopic (exact) mass is 347 g/mol. The van der Waals surface area contributed by atoms with Gasteiger partial charge in [-0.1, -0.05) is 23.2 Å². The number of hydrogen-bond donors (Lipinski definition) is 0. The van der Waals surface area contributed by atoms with Crippen LogP contribution in [-0.4, -0.2) is 35.0 Å². The van der Waals surface area contributed by atoms with Gasteiger partial charge in [-0.15, -0.1) is 0 Å². The molecule has 1 fully saturated rings. The van der Waals surface area contributed by atoms with Gasteiger partial charge in [0.1, 0.15) is 6.10 Å². The molecule has 7 heteroatoms. The van der Waals surface area contributed by atoms with Gasteiger partial charge in [-0.25, -0.2) is 4.98 Å². The minimum atomic E-state index is -0.184. The molecule has 1 aromatic heterocycles. The van der Waals surface area contributed by atoms with Crippen LogP contribution < -0.4 is 4.74 Å². The lowest BCUT2D eigenvalue weighted by Crippen LogP contribution is -2.56. The molecular weight excluding hydrogens is 337 g/mol. The Labute approximate surface area is 143 Å². The number of carbonyl (C=O) groups is 1. The largest absolute Gasteiger partial charge is 0.471 e. The van der Waals surface area contributed by atoms with E-state index in [1.807, 2.05) is 6.07 Å². The first-order valence-electron chi connectivity index (χ1n) is 6.84. The number of aromatic nitrogens is 1. The van der Waals surface area contributed by atoms with Crippen LogP contribution >= 0.6 is 23.2 Å². The molecule has 0 spiro atoms. The SMILES string of the molecule is N#Cc1ccnc(OC2CN(C(=O)c3cc(Cl)ccc3Cl)C2)c1. The first-order chi connectivity index (χ1) is 11.1. The maximum absolute atomic E-state index is 12.4. The van der Waals surface area contributed by atoms with E-state index < -0.39 is 0 Å². The van der Waals surface area contributed by atoms with E-state index in [-0.39, 0.29) is 12.0 Å². The maximum atomic E-state index is 12.4. The quantitative estimate of drug-likeness (QED) is 0.855. The smallest absolute Gasteiger partial charge is 0.255 e. The molecule has 1 aliphatic rings. The fourth-order valence-corrected chi connectivity index (χ4v) is 2.59. The van der Waals surface area contributed by atoms with Gasteiger partial charge < -0.3 is 9.64 Å². The van der Waals surface area contributed by atoms with E-state index in [4.69, 9.17) is 33.2 Å². The highest BCUT2D eigenvalue weighted by Crippen LogP contribution is 2.25. The first kappa shape index (κ1) is 15.6. The van der Waals surface area contributed by atoms with Crippen LogP contribution in [0, 0.1) is 11.3 Å². The van der Waals surface area contributed by atoms with Gasteiger partial charge in [0, 0.05) is 17.3 Å². The van der Waals surface area contributed by atoms with Gasteiger partial charge in [-0.3, -0.25) is 4.79 Å². The number of carbonyl (C=O) groups excluding carboxylic acids is 1. The maximum Gasteiger partial charge on any atom is 0.255 e. The van der Waals surface area contributed by atoms with E-state index >= 15 is 0 Å². The van der Waals surface area contributed by atoms with Crippen LogP contribution in [-0.2, 0) is 0 Å². The number of amides is 1. The fourth-order valence-electron chi connectivity index (χ4n) is 2.22. The first-order valence-corrected chi connectivity index (χ1v) is 7.59. The lowest BCUT2D eigenvalue weighted by Gasteiger charge is -2.38. The van der Waals surface area contributed by atoms with Crippen molar-refractivity contribution in [2.75, 3.05) is 13.1 Å². The zero-order chi connectivity index (χ0) is 16.4. The van der Waals surface area contributed by atoms with Crippen molar-refractivity contribution in [3.63, 3.8) is 0 Å². The molecular formula is C16H11Cl2N3O2. The Balaban J connectivity index is 1.61. The van der Waals surface area contributed by atoms with Crippen molar-refractivity contribution in [2.45, 2.75) is 6.10 Å². The molecule has 23 heavy (non-hydrogen) atoms. The highest BCUT2D eigenvalue weighted by atomic mass is 35.5. The molecule has 0 saturated carbocycles. The Morgan fingerprint density at radius 2 is 2.09 bits per heavy atom. The van der Waals surface area contributed by atoms with Gasteiger partial charge in [-0.2, -0.15) is 5.26 Å². The summed E-state index contributed by atoms with van der Waals surface area (Å²) >= 11 is 11.9. The third kappa shape index (κ3) is 3.39. The van der Waals surface area contributed by atoms with Crippen LogP contribution in [0.4, 0.5) is 0 Å². The summed E-state index contributed by atoms with van der Waals surface area (Å²) in [5, 5.41) is 9.68. The van der Waals surface area contributed by atoms with Crippen LogP contribution in [0.3, 0.4) is 0 Å². The van der Waals surface area contributed by atoms with Crippen molar-refractivity contribution >= 4 is 29.1 Å². The molecule has 0 radical (unpaired) electrons. The number of halogens is 2. The predicted molar refractivity (Wildman–Crippen MR) is 85.7 cm³/mol. The average Bonchev–Trinajstić information content (AvgIpc) is 2.52. The summed E-state index contributed by atoms with van der Waals surface area (Å²) in [6.07, 6.45) is 1.36. The van der Waals surface area contributed by atoms with Gasteiger partial charge in [-0.05, 0) is 24.3 Å². The fraction of sp³-hybridized carbons (Fsp3) is 0.188. The normalized spacial score (nSPS) is 14.0. The molecule has 0 aliphatic carbocycles. The molecule has 0 atom stereocenters. The molecule has 0 bridgehead atoms. The van der Waals surface area contributed by atoms with E-state index in [9.17, 15) is 4.79 Å². The summed E-state index contributed by atoms with van der Waals surface area (Å²) in [5.41, 5.74) is 0.857. The predicted octanol–water partition coefficient (Wildman–Crippen LogP) is 3.16. The third-order valence-corrected chi connectivity index (χ3v) is 4.01. The number of likely N-dealkylation sites (tertiary alicyclic amines) is 1. The average molecular weight is 348 g/mol. The number of rotatable bonds is 3. The molecule has 1 saturated heterocycles. The lowest BCUT2D eigenvalue weighted by molar-refractivity contribution is 0.0160. The topological polar surface area (TPSA) is 66.2 Å². The number of hydrogen-bond acceptors (Lipinski definition) is 4. The molecule has 1 aliphatic heterocycles. The van der Waals surface area contributed by atoms with Gasteiger partial charge in [0.15, 0.2) is 0 Å². The summed E-state index contributed by atoms with van der Waals surface area (Å²) < 4.78 is 5.65. The number of nitrogens with zero attached hydrogens (tertiary/aromatic N) is 3. The van der Waals surface area contributed by atoms with Crippen molar-refractivity contribution in [2.24, 2.45) is 0 Å². The van der Waals surface area contributed by atoms with Crippen LogP contribution in [0.5, 0.6) is 5.88 Å². The molecule has 5 nitrogen and oxygen atoms in total. The summed E-state index contributed by atoms with van der Waals surface area (Å²) in [4.78, 5) is 18.0. The Morgan fingerprint density at radius 3 is 2.83 bits per heavy atom. The zero-order valence-electron chi connectivity index (χ0n) is 11.9. The summed E-state index contributed by atoms with van der Waals surface area (Å²) in [7, 11) is 0. The minimum absolute atomic E-state index is 0.154. The van der Waals surface area contributed by atoms with Crippen LogP contribution in [0.25, 0.3) is 0 Å². The molecule has 1 aromatic carbocycles. The zero-order valence-corrected chi connectivity index (χ0v) is 13.4. The molecule has 1 amide bonds. The molecule has 0 N–H and O–H groups in total. The van der Waals surface area contributed by atoms with Gasteiger partial charge in [0.25, 0.3) is 5.91 Å². The molecule has 2 heterocycles. The highest BCUT2D eigenvalue weighted by Gasteiger charge is 2.34.